The quantitative estimate of drug-likeness (QED) is 0.0467. The fourth-order valence-corrected chi connectivity index (χ4v) is 5.38. The van der Waals surface area contributed by atoms with Crippen LogP contribution >= 0.6 is 0 Å². The summed E-state index contributed by atoms with van der Waals surface area (Å²) >= 11 is 0. The number of unbranched alkanes of at least 4 members (excludes halogenated alkanes) is 30. The minimum Gasteiger partial charge on any atom is -0.430 e. The van der Waals surface area contributed by atoms with E-state index in [9.17, 15) is 0 Å². The molecule has 250 valence electrons. The average Bonchev–Trinajstić information content (AvgIpc) is 2.98. The molecule has 0 aliphatic rings. The van der Waals surface area contributed by atoms with E-state index in [0.29, 0.717) is 0 Å². The van der Waals surface area contributed by atoms with Gasteiger partial charge < -0.3 is 21.5 Å². The first kappa shape index (κ1) is 45.3. The highest BCUT2D eigenvalue weighted by molar-refractivity contribution is 6.13. The Labute approximate surface area is 261 Å². The Balaban J connectivity index is -0.000000642. The molecule has 5 heteroatoms. The minimum absolute atomic E-state index is 0.750. The van der Waals surface area contributed by atoms with Gasteiger partial charge in [-0.2, -0.15) is 0 Å². The summed E-state index contributed by atoms with van der Waals surface area (Å²) in [5, 5.41) is 14.2. The van der Waals surface area contributed by atoms with Crippen LogP contribution in [0.15, 0.2) is 0 Å². The van der Waals surface area contributed by atoms with E-state index in [1.165, 1.54) is 205 Å². The molecule has 41 heavy (non-hydrogen) atoms. The van der Waals surface area contributed by atoms with Crippen LogP contribution in [0.1, 0.15) is 219 Å². The largest absolute Gasteiger partial charge is 0.432 e. The van der Waals surface area contributed by atoms with Gasteiger partial charge in [-0.1, -0.05) is 206 Å². The molecule has 0 rings (SSSR count). The summed E-state index contributed by atoms with van der Waals surface area (Å²) in [7, 11) is -0.750. The topological polar surface area (TPSA) is 92.5 Å². The van der Waals surface area contributed by atoms with Crippen molar-refractivity contribution in [2.75, 3.05) is 13.1 Å². The predicted molar refractivity (Wildman–Crippen MR) is 189 cm³/mol. The first-order valence-corrected chi connectivity index (χ1v) is 18.9. The summed E-state index contributed by atoms with van der Waals surface area (Å²) < 4.78 is 0. The van der Waals surface area contributed by atoms with Gasteiger partial charge in [-0.15, -0.1) is 0 Å². The molecule has 0 heterocycles. The van der Waals surface area contributed by atoms with Crippen molar-refractivity contribution in [2.24, 2.45) is 11.5 Å². The van der Waals surface area contributed by atoms with Gasteiger partial charge in [0.1, 0.15) is 0 Å². The van der Waals surface area contributed by atoms with Crippen molar-refractivity contribution < 1.29 is 10.0 Å². The van der Waals surface area contributed by atoms with Gasteiger partial charge >= 0.3 is 7.69 Å². The second-order valence-electron chi connectivity index (χ2n) is 12.3. The van der Waals surface area contributed by atoms with Crippen molar-refractivity contribution in [1.82, 2.24) is 0 Å². The van der Waals surface area contributed by atoms with Crippen LogP contribution in [0.2, 0.25) is 0 Å². The predicted octanol–water partition coefficient (Wildman–Crippen LogP) is 10.7. The Kier molecular flexibility index (Phi) is 54.8. The maximum Gasteiger partial charge on any atom is 0.432 e. The van der Waals surface area contributed by atoms with Crippen LogP contribution in [-0.4, -0.2) is 30.8 Å². The van der Waals surface area contributed by atoms with Gasteiger partial charge in [0, 0.05) is 0 Å². The average molecular weight is 585 g/mol. The van der Waals surface area contributed by atoms with Crippen molar-refractivity contribution >= 4 is 7.69 Å². The van der Waals surface area contributed by atoms with Gasteiger partial charge in [0.25, 0.3) is 0 Å². The van der Waals surface area contributed by atoms with E-state index in [-0.39, 0.29) is 0 Å². The Bertz CT molecular complexity index is 323. The third-order valence-electron chi connectivity index (χ3n) is 8.12. The van der Waals surface area contributed by atoms with Crippen LogP contribution in [0.25, 0.3) is 0 Å². The summed E-state index contributed by atoms with van der Waals surface area (Å²) in [5.41, 5.74) is 11.0. The van der Waals surface area contributed by atoms with Gasteiger partial charge in [0.15, 0.2) is 0 Å². The molecule has 0 aliphatic carbocycles. The highest BCUT2D eigenvalue weighted by Crippen LogP contribution is 2.15. The molecule has 0 fully saturated rings. The summed E-state index contributed by atoms with van der Waals surface area (Å²) in [6.07, 6.45) is 45.7. The van der Waals surface area contributed by atoms with E-state index < -0.39 is 7.69 Å². The number of hydrogen-bond acceptors (Lipinski definition) is 4. The van der Waals surface area contributed by atoms with E-state index in [1.54, 1.807) is 0 Å². The summed E-state index contributed by atoms with van der Waals surface area (Å²) in [4.78, 5) is 0. The molecular formula is C36H81BN2O2. The molecule has 6 N–H and O–H groups in total. The molecule has 0 aromatic carbocycles. The van der Waals surface area contributed by atoms with Crippen LogP contribution in [0.4, 0.5) is 0 Å². The van der Waals surface area contributed by atoms with Crippen molar-refractivity contribution in [3.8, 4) is 0 Å². The number of nitrogens with two attached hydrogens (primary N) is 2. The van der Waals surface area contributed by atoms with Gasteiger partial charge in [-0.3, -0.25) is 0 Å². The Morgan fingerprint density at radius 1 is 0.293 bits per heavy atom. The van der Waals surface area contributed by atoms with Crippen molar-refractivity contribution in [1.29, 1.82) is 0 Å². The number of hydrogen-bond donors (Lipinski definition) is 4. The van der Waals surface area contributed by atoms with Gasteiger partial charge in [-0.05, 0) is 25.9 Å². The standard InChI is InChI=1S/2C18H39N.BH3O2/c2*1-2-3-4-5-6-7-8-9-10-11-12-13-14-15-16-17-18-19;2-1-3/h2*2-19H2,1H3;1-3H. The highest BCUT2D eigenvalue weighted by Gasteiger charge is 1.95. The lowest BCUT2D eigenvalue weighted by Gasteiger charge is -2.03. The number of rotatable bonds is 32. The lowest BCUT2D eigenvalue weighted by Crippen LogP contribution is -1.97. The molecule has 0 atom stereocenters. The van der Waals surface area contributed by atoms with Crippen molar-refractivity contribution in [3.05, 3.63) is 0 Å². The first-order valence-electron chi connectivity index (χ1n) is 18.9. The Morgan fingerprint density at radius 2 is 0.415 bits per heavy atom. The van der Waals surface area contributed by atoms with Crippen LogP contribution in [0.3, 0.4) is 0 Å². The third kappa shape index (κ3) is 56.3. The maximum absolute atomic E-state index is 7.12. The molecule has 0 saturated heterocycles. The van der Waals surface area contributed by atoms with E-state index in [4.69, 9.17) is 21.5 Å². The summed E-state index contributed by atoms with van der Waals surface area (Å²) in [5.74, 6) is 0. The first-order chi connectivity index (χ1) is 20.2. The molecule has 0 saturated carbocycles. The Morgan fingerprint density at radius 3 is 0.537 bits per heavy atom. The van der Waals surface area contributed by atoms with Crippen LogP contribution in [-0.2, 0) is 0 Å². The molecule has 0 aromatic rings. The monoisotopic (exact) mass is 585 g/mol. The van der Waals surface area contributed by atoms with Crippen molar-refractivity contribution in [2.45, 2.75) is 219 Å². The Hall–Kier alpha value is -0.0951. The fourth-order valence-electron chi connectivity index (χ4n) is 5.38. The smallest absolute Gasteiger partial charge is 0.430 e. The molecule has 0 aromatic heterocycles. The molecular weight excluding hydrogens is 503 g/mol. The van der Waals surface area contributed by atoms with Crippen LogP contribution in [0.5, 0.6) is 0 Å². The van der Waals surface area contributed by atoms with Crippen LogP contribution in [0, 0.1) is 0 Å². The van der Waals surface area contributed by atoms with E-state index in [1.807, 2.05) is 0 Å². The van der Waals surface area contributed by atoms with E-state index >= 15 is 0 Å². The molecule has 0 spiro atoms. The lowest BCUT2D eigenvalue weighted by atomic mass is 10.0. The van der Waals surface area contributed by atoms with Crippen LogP contribution < -0.4 is 11.5 Å². The molecule has 0 radical (unpaired) electrons. The highest BCUT2D eigenvalue weighted by atomic mass is 16.4. The molecule has 0 aliphatic heterocycles. The zero-order valence-electron chi connectivity index (χ0n) is 28.8. The molecule has 0 bridgehead atoms. The summed E-state index contributed by atoms with van der Waals surface area (Å²) in [6, 6.07) is 0. The second-order valence-corrected chi connectivity index (χ2v) is 12.3. The third-order valence-corrected chi connectivity index (χ3v) is 8.12. The lowest BCUT2D eigenvalue weighted by molar-refractivity contribution is 0.448. The fraction of sp³-hybridized carbons (Fsp3) is 1.00. The van der Waals surface area contributed by atoms with E-state index in [0.717, 1.165) is 13.1 Å². The maximum atomic E-state index is 7.12. The van der Waals surface area contributed by atoms with Gasteiger partial charge in [0.2, 0.25) is 0 Å². The molecule has 0 amide bonds. The van der Waals surface area contributed by atoms with Gasteiger partial charge in [0.05, 0.1) is 0 Å². The molecule has 0 unspecified atom stereocenters. The van der Waals surface area contributed by atoms with E-state index in [2.05, 4.69) is 13.8 Å². The molecule has 4 nitrogen and oxygen atoms in total. The zero-order chi connectivity index (χ0) is 30.7. The summed E-state index contributed by atoms with van der Waals surface area (Å²) in [6.45, 7) is 6.33. The zero-order valence-corrected chi connectivity index (χ0v) is 28.8. The van der Waals surface area contributed by atoms with Crippen molar-refractivity contribution in [3.63, 3.8) is 0 Å². The van der Waals surface area contributed by atoms with Gasteiger partial charge in [-0.25, -0.2) is 0 Å². The normalized spacial score (nSPS) is 10.6. The minimum atomic E-state index is -0.750. The SMILES string of the molecule is CCCCCCCCCCCCCCCCCCN.CCCCCCCCCCCCCCCCCCN.OBO. The second kappa shape index (κ2) is 49.6.